The normalized spacial score (nSPS) is 6.91. The number of rotatable bonds is 7. The molecule has 0 fully saturated rings. The van der Waals surface area contributed by atoms with Gasteiger partial charge in [-0.05, 0) is 25.7 Å². The van der Waals surface area contributed by atoms with Crippen molar-refractivity contribution in [3.63, 3.8) is 0 Å². The molecule has 0 saturated heterocycles. The van der Waals surface area contributed by atoms with Crippen molar-refractivity contribution in [1.29, 1.82) is 0 Å². The van der Waals surface area contributed by atoms with Gasteiger partial charge in [0.1, 0.15) is 0 Å². The van der Waals surface area contributed by atoms with Crippen molar-refractivity contribution in [1.82, 2.24) is 24.6 Å². The van der Waals surface area contributed by atoms with Gasteiger partial charge in [0.25, 0.3) is 0 Å². The zero-order valence-electron chi connectivity index (χ0n) is 15.1. The first-order valence-electron chi connectivity index (χ1n) is 6.02. The van der Waals surface area contributed by atoms with Crippen LogP contribution in [-0.2, 0) is 9.59 Å². The van der Waals surface area contributed by atoms with E-state index in [1.807, 2.05) is 0 Å². The topological polar surface area (TPSA) is 272 Å². The van der Waals surface area contributed by atoms with Gasteiger partial charge in [0.15, 0.2) is 0 Å². The highest BCUT2D eigenvalue weighted by molar-refractivity contribution is 5.64. The molecule has 0 amide bonds. The third-order valence-electron chi connectivity index (χ3n) is 1.51. The Bertz CT molecular complexity index is 176. The van der Waals surface area contributed by atoms with Gasteiger partial charge in [-0.1, -0.05) is 26.7 Å². The zero-order chi connectivity index (χ0) is 14.8. The highest BCUT2D eigenvalue weighted by atomic mass is 16.4. The van der Waals surface area contributed by atoms with Crippen molar-refractivity contribution in [3.05, 3.63) is 0 Å². The number of unbranched alkanes of at least 4 members (excludes halogenated alkanes) is 3. The number of quaternary nitrogens is 4. The molecule has 0 rings (SSSR count). The van der Waals surface area contributed by atoms with Crippen molar-refractivity contribution < 1.29 is 30.0 Å². The van der Waals surface area contributed by atoms with Crippen LogP contribution in [0, 0.1) is 0 Å². The molecule has 0 aromatic heterocycles. The maximum Gasteiger partial charge on any atom is 0.0414 e. The fraction of sp³-hybridized carbons (Fsp3) is 0.833. The van der Waals surface area contributed by atoms with Crippen LogP contribution in [0.1, 0.15) is 52.4 Å². The molecular formula is C12H38N4O6. The Balaban J connectivity index is -0.0000000393. The lowest BCUT2D eigenvalue weighted by atomic mass is 10.1. The SMILES string of the molecule is CC[O-].CC[O-].O=C([O-])CCCCCCC(=O)[O-].[NH4+].[NH4+].[NH4+].[NH4+]. The fourth-order valence-corrected chi connectivity index (χ4v) is 0.892. The van der Waals surface area contributed by atoms with E-state index in [0.29, 0.717) is 12.8 Å². The second kappa shape index (κ2) is 42.7. The first-order chi connectivity index (χ1) is 8.45. The van der Waals surface area contributed by atoms with Crippen molar-refractivity contribution in [2.75, 3.05) is 13.2 Å². The Kier molecular flexibility index (Phi) is 83.1. The summed E-state index contributed by atoms with van der Waals surface area (Å²) in [6, 6.07) is 0. The van der Waals surface area contributed by atoms with Gasteiger partial charge in [0.2, 0.25) is 0 Å². The molecule has 0 unspecified atom stereocenters. The Hall–Kier alpha value is -1.30. The summed E-state index contributed by atoms with van der Waals surface area (Å²) in [4.78, 5) is 19.8. The number of carboxylic acids is 2. The predicted octanol–water partition coefficient (Wildman–Crippen LogP) is -0.935. The largest absolute Gasteiger partial charge is 0.855 e. The molecule has 0 saturated carbocycles. The van der Waals surface area contributed by atoms with Crippen LogP contribution in [0.25, 0.3) is 0 Å². The summed E-state index contributed by atoms with van der Waals surface area (Å²) >= 11 is 0. The standard InChI is InChI=1S/C8H14O4.2C2H5O.4H3N/c9-7(10)5-3-1-2-4-6-8(11)12;2*1-2-3;;;;/h1-6H2,(H,9,10)(H,11,12);2*2H2,1H3;4*1H3/q;2*-1;;;;/p+2. The monoisotopic (exact) mass is 334 g/mol. The number of aliphatic carboxylic acids is 2. The minimum Gasteiger partial charge on any atom is -0.855 e. The number of carbonyl (C=O) groups excluding carboxylic acids is 2. The van der Waals surface area contributed by atoms with E-state index in [-0.39, 0.29) is 50.7 Å². The lowest BCUT2D eigenvalue weighted by molar-refractivity contribution is -0.362. The number of carbonyl (C=O) groups is 2. The molecular weight excluding hydrogens is 296 g/mol. The molecule has 142 valence electrons. The van der Waals surface area contributed by atoms with Crippen molar-refractivity contribution in [2.45, 2.75) is 52.4 Å². The van der Waals surface area contributed by atoms with Gasteiger partial charge in [-0.15, -0.1) is 13.2 Å². The Labute approximate surface area is 133 Å². The van der Waals surface area contributed by atoms with E-state index >= 15 is 0 Å². The van der Waals surface area contributed by atoms with Crippen molar-refractivity contribution >= 4 is 11.9 Å². The molecule has 0 radical (unpaired) electrons. The molecule has 0 bridgehead atoms. The van der Waals surface area contributed by atoms with Gasteiger partial charge in [-0.2, -0.15) is 0 Å². The molecule has 16 N–H and O–H groups in total. The van der Waals surface area contributed by atoms with E-state index in [4.69, 9.17) is 10.2 Å². The third kappa shape index (κ3) is 98.8. The second-order valence-corrected chi connectivity index (χ2v) is 3.24. The van der Waals surface area contributed by atoms with E-state index in [1.54, 1.807) is 13.8 Å². The highest BCUT2D eigenvalue weighted by Gasteiger charge is 1.91. The summed E-state index contributed by atoms with van der Waals surface area (Å²) in [5.41, 5.74) is 0. The predicted molar refractivity (Wildman–Crippen MR) is 82.7 cm³/mol. The molecule has 0 aliphatic rings. The second-order valence-electron chi connectivity index (χ2n) is 3.24. The summed E-state index contributed by atoms with van der Waals surface area (Å²) in [6.45, 7) is 3.14. The first kappa shape index (κ1) is 42.8. The zero-order valence-corrected chi connectivity index (χ0v) is 15.1. The Morgan fingerprint density at radius 1 is 0.636 bits per heavy atom. The maximum absolute atomic E-state index is 9.92. The third-order valence-corrected chi connectivity index (χ3v) is 1.51. The van der Waals surface area contributed by atoms with Crippen LogP contribution in [0.5, 0.6) is 0 Å². The first-order valence-corrected chi connectivity index (χ1v) is 6.02. The smallest absolute Gasteiger partial charge is 0.0414 e. The molecule has 0 aliphatic heterocycles. The molecule has 10 heteroatoms. The minimum absolute atomic E-state index is 0. The van der Waals surface area contributed by atoms with Crippen LogP contribution < -0.4 is 45.0 Å². The average molecular weight is 334 g/mol. The molecule has 10 nitrogen and oxygen atoms in total. The summed E-state index contributed by atoms with van der Waals surface area (Å²) in [5.74, 6) is -2.09. The van der Waals surface area contributed by atoms with Crippen molar-refractivity contribution in [2.24, 2.45) is 0 Å². The molecule has 0 aromatic carbocycles. The van der Waals surface area contributed by atoms with Crippen LogP contribution >= 0.6 is 0 Å². The molecule has 0 aromatic rings. The number of hydrogen-bond donors (Lipinski definition) is 4. The molecule has 0 aliphatic carbocycles. The van der Waals surface area contributed by atoms with Crippen molar-refractivity contribution in [3.8, 4) is 0 Å². The lowest BCUT2D eigenvalue weighted by Crippen LogP contribution is -2.22. The van der Waals surface area contributed by atoms with Gasteiger partial charge in [0, 0.05) is 11.9 Å². The summed E-state index contributed by atoms with van der Waals surface area (Å²) < 4.78 is 0. The summed E-state index contributed by atoms with van der Waals surface area (Å²) in [7, 11) is 0. The summed E-state index contributed by atoms with van der Waals surface area (Å²) in [5, 5.41) is 37.7. The van der Waals surface area contributed by atoms with Gasteiger partial charge in [0.05, 0.1) is 0 Å². The van der Waals surface area contributed by atoms with E-state index in [9.17, 15) is 19.8 Å². The Morgan fingerprint density at radius 2 is 0.818 bits per heavy atom. The molecule has 22 heavy (non-hydrogen) atoms. The quantitative estimate of drug-likeness (QED) is 0.426. The van der Waals surface area contributed by atoms with Crippen LogP contribution in [0.2, 0.25) is 0 Å². The van der Waals surface area contributed by atoms with E-state index < -0.39 is 11.9 Å². The van der Waals surface area contributed by atoms with E-state index in [0.717, 1.165) is 12.8 Å². The summed E-state index contributed by atoms with van der Waals surface area (Å²) in [6.07, 6.45) is 2.73. The average Bonchev–Trinajstić information content (AvgIpc) is 2.24. The van der Waals surface area contributed by atoms with Crippen LogP contribution in [0.3, 0.4) is 0 Å². The lowest BCUT2D eigenvalue weighted by Gasteiger charge is -2.02. The van der Waals surface area contributed by atoms with Gasteiger partial charge in [-0.25, -0.2) is 0 Å². The van der Waals surface area contributed by atoms with Gasteiger partial charge < -0.3 is 54.6 Å². The fourth-order valence-electron chi connectivity index (χ4n) is 0.892. The van der Waals surface area contributed by atoms with Crippen LogP contribution in [0.4, 0.5) is 0 Å². The highest BCUT2D eigenvalue weighted by Crippen LogP contribution is 2.03. The van der Waals surface area contributed by atoms with E-state index in [2.05, 4.69) is 0 Å². The van der Waals surface area contributed by atoms with E-state index in [1.165, 1.54) is 0 Å². The maximum atomic E-state index is 9.92. The molecule has 0 spiro atoms. The number of hydrogen-bond acceptors (Lipinski definition) is 6. The van der Waals surface area contributed by atoms with Gasteiger partial charge >= 0.3 is 0 Å². The van der Waals surface area contributed by atoms with Crippen LogP contribution in [-0.4, -0.2) is 25.2 Å². The number of carboxylic acid groups (broad SMARTS) is 2. The molecule has 0 atom stereocenters. The Morgan fingerprint density at radius 3 is 0.955 bits per heavy atom. The van der Waals surface area contributed by atoms with Gasteiger partial charge in [-0.3, -0.25) is 0 Å². The molecule has 0 heterocycles. The van der Waals surface area contributed by atoms with Crippen LogP contribution in [0.15, 0.2) is 0 Å². The minimum atomic E-state index is -1.05.